The van der Waals surface area contributed by atoms with E-state index in [0.717, 1.165) is 10.0 Å². The molecule has 0 unspecified atom stereocenters. The zero-order chi connectivity index (χ0) is 13.8. The molecule has 19 heavy (non-hydrogen) atoms. The molecule has 98 valence electrons. The minimum atomic E-state index is -0.230. The second kappa shape index (κ2) is 6.19. The first-order valence-corrected chi connectivity index (χ1v) is 6.73. The van der Waals surface area contributed by atoms with Crippen LogP contribution >= 0.6 is 27.5 Å². The third kappa shape index (κ3) is 3.56. The summed E-state index contributed by atoms with van der Waals surface area (Å²) >= 11 is 9.22. The summed E-state index contributed by atoms with van der Waals surface area (Å²) in [6.45, 7) is -0.0173. The van der Waals surface area contributed by atoms with Crippen molar-refractivity contribution in [3.63, 3.8) is 0 Å². The summed E-state index contributed by atoms with van der Waals surface area (Å²) < 4.78 is 0.748. The van der Waals surface area contributed by atoms with Crippen LogP contribution in [0.2, 0.25) is 5.02 Å². The van der Waals surface area contributed by atoms with Gasteiger partial charge in [-0.15, -0.1) is 0 Å². The predicted molar refractivity (Wildman–Crippen MR) is 79.5 cm³/mol. The average Bonchev–Trinajstić information content (AvgIpc) is 2.42. The van der Waals surface area contributed by atoms with Gasteiger partial charge in [-0.1, -0.05) is 23.7 Å². The van der Waals surface area contributed by atoms with E-state index >= 15 is 0 Å². The van der Waals surface area contributed by atoms with E-state index in [1.54, 1.807) is 42.5 Å². The van der Waals surface area contributed by atoms with Crippen LogP contribution in [0, 0.1) is 0 Å². The van der Waals surface area contributed by atoms with Gasteiger partial charge in [-0.3, -0.25) is 4.79 Å². The highest BCUT2D eigenvalue weighted by atomic mass is 79.9. The second-order valence-electron chi connectivity index (χ2n) is 3.94. The molecule has 2 aromatic rings. The third-order valence-electron chi connectivity index (χ3n) is 2.58. The number of amides is 1. The fraction of sp³-hybridized carbons (Fsp3) is 0.0714. The predicted octanol–water partition coefficient (Wildman–Crippen LogP) is 3.85. The van der Waals surface area contributed by atoms with Gasteiger partial charge in [0.2, 0.25) is 0 Å². The number of carbonyl (C=O) groups is 1. The number of aliphatic hydroxyl groups is 1. The van der Waals surface area contributed by atoms with Gasteiger partial charge in [-0.25, -0.2) is 0 Å². The van der Waals surface area contributed by atoms with E-state index in [1.165, 1.54) is 0 Å². The van der Waals surface area contributed by atoms with Gasteiger partial charge in [0, 0.05) is 15.7 Å². The minimum absolute atomic E-state index is 0.0173. The number of hydrogen-bond acceptors (Lipinski definition) is 2. The molecule has 0 heterocycles. The van der Waals surface area contributed by atoms with Crippen molar-refractivity contribution < 1.29 is 9.90 Å². The Labute approximate surface area is 124 Å². The van der Waals surface area contributed by atoms with Crippen LogP contribution < -0.4 is 5.32 Å². The Hall–Kier alpha value is -1.36. The lowest BCUT2D eigenvalue weighted by Crippen LogP contribution is -2.11. The molecule has 0 aliphatic rings. The monoisotopic (exact) mass is 339 g/mol. The second-order valence-corrected chi connectivity index (χ2v) is 5.20. The lowest BCUT2D eigenvalue weighted by Gasteiger charge is -2.06. The number of hydrogen-bond donors (Lipinski definition) is 2. The summed E-state index contributed by atoms with van der Waals surface area (Å²) in [5.41, 5.74) is 1.95. The molecule has 1 amide bonds. The lowest BCUT2D eigenvalue weighted by atomic mass is 10.2. The Morgan fingerprint density at radius 1 is 1.21 bits per heavy atom. The average molecular weight is 341 g/mol. The van der Waals surface area contributed by atoms with Gasteiger partial charge in [0.25, 0.3) is 5.91 Å². The topological polar surface area (TPSA) is 49.3 Å². The van der Waals surface area contributed by atoms with Gasteiger partial charge >= 0.3 is 0 Å². The summed E-state index contributed by atoms with van der Waals surface area (Å²) in [4.78, 5) is 12.0. The highest BCUT2D eigenvalue weighted by Crippen LogP contribution is 2.23. The van der Waals surface area contributed by atoms with Crippen molar-refractivity contribution in [2.75, 3.05) is 5.32 Å². The first-order valence-electron chi connectivity index (χ1n) is 5.56. The molecule has 0 aromatic heterocycles. The number of nitrogens with one attached hydrogen (secondary N) is 1. The first-order chi connectivity index (χ1) is 9.10. The molecule has 2 rings (SSSR count). The third-order valence-corrected chi connectivity index (χ3v) is 3.81. The van der Waals surface area contributed by atoms with Gasteiger partial charge in [-0.2, -0.15) is 0 Å². The van der Waals surface area contributed by atoms with Gasteiger partial charge < -0.3 is 10.4 Å². The Morgan fingerprint density at radius 2 is 1.89 bits per heavy atom. The van der Waals surface area contributed by atoms with Crippen LogP contribution in [0.1, 0.15) is 15.9 Å². The summed E-state index contributed by atoms with van der Waals surface area (Å²) in [7, 11) is 0. The largest absolute Gasteiger partial charge is 0.392 e. The van der Waals surface area contributed by atoms with Crippen molar-refractivity contribution in [3.05, 3.63) is 63.1 Å². The number of benzene rings is 2. The van der Waals surface area contributed by atoms with Crippen molar-refractivity contribution in [2.24, 2.45) is 0 Å². The van der Waals surface area contributed by atoms with Gasteiger partial charge in [0.15, 0.2) is 0 Å². The molecule has 0 saturated carbocycles. The van der Waals surface area contributed by atoms with Crippen molar-refractivity contribution in [1.82, 2.24) is 0 Å². The summed E-state index contributed by atoms with van der Waals surface area (Å²) in [5, 5.41) is 12.2. The molecule has 0 aliphatic carbocycles. The van der Waals surface area contributed by atoms with Crippen LogP contribution in [0.3, 0.4) is 0 Å². The van der Waals surface area contributed by atoms with E-state index in [4.69, 9.17) is 16.7 Å². The van der Waals surface area contributed by atoms with E-state index in [1.807, 2.05) is 0 Å². The molecule has 0 atom stereocenters. The highest BCUT2D eigenvalue weighted by molar-refractivity contribution is 9.10. The van der Waals surface area contributed by atoms with Gasteiger partial charge in [-0.05, 0) is 51.8 Å². The van der Waals surface area contributed by atoms with E-state index in [2.05, 4.69) is 21.2 Å². The molecule has 0 bridgehead atoms. The van der Waals surface area contributed by atoms with E-state index < -0.39 is 0 Å². The Morgan fingerprint density at radius 3 is 2.47 bits per heavy atom. The smallest absolute Gasteiger partial charge is 0.255 e. The normalized spacial score (nSPS) is 10.3. The highest BCUT2D eigenvalue weighted by Gasteiger charge is 2.08. The van der Waals surface area contributed by atoms with Crippen LogP contribution in [-0.2, 0) is 6.61 Å². The van der Waals surface area contributed by atoms with Crippen molar-refractivity contribution in [2.45, 2.75) is 6.61 Å². The number of rotatable bonds is 3. The standard InChI is InChI=1S/C14H11BrClNO2/c15-12-6-3-10(7-13(12)16)14(19)17-11-4-1-9(8-18)2-5-11/h1-7,18H,8H2,(H,17,19). The molecule has 0 aliphatic heterocycles. The number of carbonyl (C=O) groups excluding carboxylic acids is 1. The molecule has 0 radical (unpaired) electrons. The van der Waals surface area contributed by atoms with Crippen LogP contribution in [0.25, 0.3) is 0 Å². The summed E-state index contributed by atoms with van der Waals surface area (Å²) in [6.07, 6.45) is 0. The van der Waals surface area contributed by atoms with Gasteiger partial charge in [0.05, 0.1) is 11.6 Å². The van der Waals surface area contributed by atoms with E-state index in [-0.39, 0.29) is 12.5 Å². The quantitative estimate of drug-likeness (QED) is 0.891. The number of anilines is 1. The van der Waals surface area contributed by atoms with Crippen LogP contribution in [0.15, 0.2) is 46.9 Å². The first kappa shape index (κ1) is 14.1. The van der Waals surface area contributed by atoms with Crippen LogP contribution in [0.5, 0.6) is 0 Å². The molecule has 2 N–H and O–H groups in total. The Balaban J connectivity index is 2.13. The molecule has 0 saturated heterocycles. The maximum absolute atomic E-state index is 12.0. The maximum Gasteiger partial charge on any atom is 0.255 e. The van der Waals surface area contributed by atoms with Crippen molar-refractivity contribution in [1.29, 1.82) is 0 Å². The molecular weight excluding hydrogens is 330 g/mol. The molecule has 3 nitrogen and oxygen atoms in total. The minimum Gasteiger partial charge on any atom is -0.392 e. The molecule has 2 aromatic carbocycles. The molecule has 0 fully saturated rings. The SMILES string of the molecule is O=C(Nc1ccc(CO)cc1)c1ccc(Br)c(Cl)c1. The fourth-order valence-corrected chi connectivity index (χ4v) is 1.96. The Bertz CT molecular complexity index is 599. The van der Waals surface area contributed by atoms with Crippen molar-refractivity contribution in [3.8, 4) is 0 Å². The molecular formula is C14H11BrClNO2. The summed E-state index contributed by atoms with van der Waals surface area (Å²) in [5.74, 6) is -0.230. The maximum atomic E-state index is 12.0. The number of halogens is 2. The molecule has 0 spiro atoms. The van der Waals surface area contributed by atoms with E-state index in [9.17, 15) is 4.79 Å². The zero-order valence-corrected chi connectivity index (χ0v) is 12.2. The molecule has 5 heteroatoms. The lowest BCUT2D eigenvalue weighted by molar-refractivity contribution is 0.102. The summed E-state index contributed by atoms with van der Waals surface area (Å²) in [6, 6.07) is 12.0. The van der Waals surface area contributed by atoms with Crippen molar-refractivity contribution >= 4 is 39.1 Å². The number of aliphatic hydroxyl groups excluding tert-OH is 1. The van der Waals surface area contributed by atoms with Gasteiger partial charge in [0.1, 0.15) is 0 Å². The van der Waals surface area contributed by atoms with Crippen LogP contribution in [0.4, 0.5) is 5.69 Å². The van der Waals surface area contributed by atoms with Crippen LogP contribution in [-0.4, -0.2) is 11.0 Å². The van der Waals surface area contributed by atoms with E-state index in [0.29, 0.717) is 16.3 Å². The fourth-order valence-electron chi connectivity index (χ4n) is 1.53. The Kier molecular flexibility index (Phi) is 4.58. The zero-order valence-electron chi connectivity index (χ0n) is 9.86.